The molecular formula is C34H67N3O. The average molecular weight is 534 g/mol. The number of hydrogen-bond donors (Lipinski definition) is 1. The van der Waals surface area contributed by atoms with Crippen molar-refractivity contribution in [3.63, 3.8) is 0 Å². The zero-order valence-electron chi connectivity index (χ0n) is 28.3. The zero-order chi connectivity index (χ0) is 30.2. The maximum atomic E-state index is 13.3. The van der Waals surface area contributed by atoms with E-state index in [1.165, 1.54) is 0 Å². The van der Waals surface area contributed by atoms with Crippen molar-refractivity contribution in [2.75, 3.05) is 13.1 Å². The minimum Gasteiger partial charge on any atom is -0.338 e. The number of allylic oxidation sites excluding steroid dienone is 2. The van der Waals surface area contributed by atoms with E-state index in [2.05, 4.69) is 131 Å². The molecule has 0 aliphatic heterocycles. The van der Waals surface area contributed by atoms with Crippen LogP contribution in [0.3, 0.4) is 0 Å². The summed E-state index contributed by atoms with van der Waals surface area (Å²) in [6, 6.07) is 0. The van der Waals surface area contributed by atoms with Gasteiger partial charge >= 0.3 is 0 Å². The van der Waals surface area contributed by atoms with Gasteiger partial charge in [-0.2, -0.15) is 0 Å². The van der Waals surface area contributed by atoms with Gasteiger partial charge in [-0.15, -0.1) is 0 Å². The summed E-state index contributed by atoms with van der Waals surface area (Å²) in [4.78, 5) is 18.2. The number of carbonyl (C=O) groups is 1. The molecule has 0 heterocycles. The first-order chi connectivity index (χ1) is 17.2. The zero-order valence-corrected chi connectivity index (χ0v) is 28.3. The van der Waals surface area contributed by atoms with E-state index >= 15 is 0 Å². The lowest BCUT2D eigenvalue weighted by Crippen LogP contribution is -2.71. The molecule has 0 saturated heterocycles. The number of amides is 1. The van der Waals surface area contributed by atoms with Crippen LogP contribution in [-0.2, 0) is 4.79 Å². The van der Waals surface area contributed by atoms with Gasteiger partial charge in [0.05, 0.1) is 5.54 Å². The quantitative estimate of drug-likeness (QED) is 0.214. The van der Waals surface area contributed by atoms with Gasteiger partial charge in [-0.25, -0.2) is 0 Å². The van der Waals surface area contributed by atoms with E-state index < -0.39 is 5.54 Å². The largest absolute Gasteiger partial charge is 0.338 e. The van der Waals surface area contributed by atoms with Crippen molar-refractivity contribution < 1.29 is 4.79 Å². The highest BCUT2D eigenvalue weighted by Gasteiger charge is 2.54. The second-order valence-corrected chi connectivity index (χ2v) is 15.2. The van der Waals surface area contributed by atoms with Crippen LogP contribution in [0.15, 0.2) is 24.3 Å². The van der Waals surface area contributed by atoms with Crippen LogP contribution >= 0.6 is 0 Å². The Balaban J connectivity index is 7.71. The molecule has 0 fully saturated rings. The van der Waals surface area contributed by atoms with E-state index in [1.54, 1.807) is 0 Å². The Morgan fingerprint density at radius 2 is 1.18 bits per heavy atom. The van der Waals surface area contributed by atoms with Crippen LogP contribution in [0.2, 0.25) is 0 Å². The summed E-state index contributed by atoms with van der Waals surface area (Å²) >= 11 is 0. The highest BCUT2D eigenvalue weighted by Crippen LogP contribution is 2.49. The predicted molar refractivity (Wildman–Crippen MR) is 169 cm³/mol. The van der Waals surface area contributed by atoms with Gasteiger partial charge in [0.2, 0.25) is 5.91 Å². The average Bonchev–Trinajstić information content (AvgIpc) is 2.74. The standard InChI is InChI=1S/C34H67N3O/c1-16-21-34(22-17-2,26-31(12,13)36(23-18-3)28(38)19-4)37(32(14,20-5)24-29(6,7)8)33(15,27-35)25-30(9,10)11/h16-17,21-22H,18-20,23-27,35H2,1-15H3. The van der Waals surface area contributed by atoms with Gasteiger partial charge in [0.25, 0.3) is 0 Å². The van der Waals surface area contributed by atoms with Crippen molar-refractivity contribution in [1.82, 2.24) is 9.80 Å². The Bertz CT molecular complexity index is 741. The van der Waals surface area contributed by atoms with Crippen LogP contribution in [0.1, 0.15) is 142 Å². The summed E-state index contributed by atoms with van der Waals surface area (Å²) in [7, 11) is 0. The molecule has 2 atom stereocenters. The molecule has 0 aromatic carbocycles. The van der Waals surface area contributed by atoms with Crippen LogP contribution in [-0.4, -0.2) is 51.0 Å². The fourth-order valence-corrected chi connectivity index (χ4v) is 7.49. The molecule has 0 bridgehead atoms. The first-order valence-electron chi connectivity index (χ1n) is 15.2. The van der Waals surface area contributed by atoms with Crippen molar-refractivity contribution in [3.8, 4) is 0 Å². The molecule has 1 amide bonds. The van der Waals surface area contributed by atoms with Crippen molar-refractivity contribution in [2.24, 2.45) is 16.6 Å². The summed E-state index contributed by atoms with van der Waals surface area (Å²) < 4.78 is 0. The summed E-state index contributed by atoms with van der Waals surface area (Å²) in [6.07, 6.45) is 14.5. The Morgan fingerprint density at radius 1 is 0.737 bits per heavy atom. The molecule has 0 saturated carbocycles. The Hall–Kier alpha value is -1.13. The summed E-state index contributed by atoms with van der Waals surface area (Å²) in [5.74, 6) is 0.225. The molecule has 0 radical (unpaired) electrons. The topological polar surface area (TPSA) is 49.6 Å². The minimum absolute atomic E-state index is 0.0995. The maximum Gasteiger partial charge on any atom is 0.222 e. The lowest BCUT2D eigenvalue weighted by Gasteiger charge is -2.63. The highest BCUT2D eigenvalue weighted by molar-refractivity contribution is 5.76. The Morgan fingerprint density at radius 3 is 1.50 bits per heavy atom. The van der Waals surface area contributed by atoms with E-state index in [4.69, 9.17) is 5.73 Å². The van der Waals surface area contributed by atoms with Gasteiger partial charge in [0, 0.05) is 36.1 Å². The lowest BCUT2D eigenvalue weighted by atomic mass is 9.68. The SMILES string of the molecule is CC=CC(C=CC)(CC(C)(C)N(CCC)C(=O)CC)N(C(C)(CC)CC(C)(C)C)C(C)(CN)CC(C)(C)C. The third kappa shape index (κ3) is 9.81. The highest BCUT2D eigenvalue weighted by atomic mass is 16.2. The van der Waals surface area contributed by atoms with Crippen molar-refractivity contribution in [3.05, 3.63) is 24.3 Å². The fourth-order valence-electron chi connectivity index (χ4n) is 7.49. The smallest absolute Gasteiger partial charge is 0.222 e. The molecule has 0 aromatic rings. The van der Waals surface area contributed by atoms with Gasteiger partial charge in [-0.3, -0.25) is 9.69 Å². The van der Waals surface area contributed by atoms with E-state index in [1.807, 2.05) is 6.92 Å². The molecule has 2 N–H and O–H groups in total. The number of nitrogens with zero attached hydrogens (tertiary/aromatic N) is 2. The molecular weight excluding hydrogens is 466 g/mol. The first-order valence-corrected chi connectivity index (χ1v) is 15.2. The van der Waals surface area contributed by atoms with Crippen LogP contribution in [0.4, 0.5) is 0 Å². The molecule has 0 rings (SSSR count). The first kappa shape index (κ1) is 36.9. The molecule has 0 aliphatic rings. The minimum atomic E-state index is -0.428. The second-order valence-electron chi connectivity index (χ2n) is 15.2. The molecule has 224 valence electrons. The van der Waals surface area contributed by atoms with Gasteiger partial charge in [0.1, 0.15) is 0 Å². The third-order valence-corrected chi connectivity index (χ3v) is 7.93. The molecule has 0 aliphatic carbocycles. The summed E-state index contributed by atoms with van der Waals surface area (Å²) in [5, 5.41) is 0. The van der Waals surface area contributed by atoms with Gasteiger partial charge < -0.3 is 10.6 Å². The predicted octanol–water partition coefficient (Wildman–Crippen LogP) is 8.76. The fraction of sp³-hybridized carbons (Fsp3) is 0.853. The molecule has 0 aromatic heterocycles. The van der Waals surface area contributed by atoms with Crippen LogP contribution in [0, 0.1) is 10.8 Å². The van der Waals surface area contributed by atoms with E-state index in [9.17, 15) is 4.79 Å². The number of carbonyl (C=O) groups excluding carboxylic acids is 1. The Kier molecular flexibility index (Phi) is 13.6. The molecule has 38 heavy (non-hydrogen) atoms. The van der Waals surface area contributed by atoms with Crippen molar-refractivity contribution in [2.45, 2.75) is 165 Å². The number of rotatable bonds is 15. The van der Waals surface area contributed by atoms with Gasteiger partial charge in [0.15, 0.2) is 0 Å². The van der Waals surface area contributed by atoms with Crippen LogP contribution < -0.4 is 5.73 Å². The van der Waals surface area contributed by atoms with Crippen molar-refractivity contribution >= 4 is 5.91 Å². The van der Waals surface area contributed by atoms with Gasteiger partial charge in [-0.05, 0) is 84.5 Å². The van der Waals surface area contributed by atoms with Gasteiger partial charge in [-0.1, -0.05) is 86.6 Å². The van der Waals surface area contributed by atoms with Crippen molar-refractivity contribution in [1.29, 1.82) is 0 Å². The monoisotopic (exact) mass is 534 g/mol. The number of nitrogens with two attached hydrogens (primary N) is 1. The third-order valence-electron chi connectivity index (χ3n) is 7.93. The summed E-state index contributed by atoms with van der Waals surface area (Å²) in [5.41, 5.74) is 5.86. The maximum absolute atomic E-state index is 13.3. The molecule has 4 nitrogen and oxygen atoms in total. The number of hydrogen-bond acceptors (Lipinski definition) is 3. The molecule has 4 heteroatoms. The summed E-state index contributed by atoms with van der Waals surface area (Å²) in [6.45, 7) is 35.4. The van der Waals surface area contributed by atoms with E-state index in [0.717, 1.165) is 38.6 Å². The van der Waals surface area contributed by atoms with Crippen LogP contribution in [0.5, 0.6) is 0 Å². The van der Waals surface area contributed by atoms with E-state index in [0.29, 0.717) is 13.0 Å². The normalized spacial score (nSPS) is 18.6. The second kappa shape index (κ2) is 14.0. The Labute approximate surface area is 238 Å². The molecule has 2 unspecified atom stereocenters. The van der Waals surface area contributed by atoms with Crippen LogP contribution in [0.25, 0.3) is 0 Å². The lowest BCUT2D eigenvalue weighted by molar-refractivity contribution is -0.139. The van der Waals surface area contributed by atoms with E-state index in [-0.39, 0.29) is 33.4 Å². The molecule has 0 spiro atoms.